The second kappa shape index (κ2) is 27.4. The maximum atomic E-state index is 11.1. The van der Waals surface area contributed by atoms with Crippen LogP contribution in [0.2, 0.25) is 0 Å². The molecule has 0 saturated heterocycles. The Morgan fingerprint density at radius 1 is 0.194 bits per heavy atom. The molecular formula is C54H36Cu3O15. The molecule has 15 nitrogen and oxygen atoms in total. The van der Waals surface area contributed by atoms with Crippen molar-refractivity contribution < 1.29 is 127 Å². The van der Waals surface area contributed by atoms with Crippen molar-refractivity contribution in [2.24, 2.45) is 0 Å². The fraction of sp³-hybridized carbons (Fsp3) is 0. The van der Waals surface area contributed by atoms with Gasteiger partial charge >= 0.3 is 51.2 Å². The summed E-state index contributed by atoms with van der Waals surface area (Å²) in [4.78, 5) is 66.4. The van der Waals surface area contributed by atoms with Crippen molar-refractivity contribution in [1.82, 2.24) is 0 Å². The zero-order valence-corrected chi connectivity index (χ0v) is 39.4. The minimum Gasteiger partial charge on any atom is -0.545 e. The average Bonchev–Trinajstić information content (AvgIpc) is 3.34. The third kappa shape index (κ3) is 15.0. The number of aromatic carboxylic acids is 6. The Labute approximate surface area is 442 Å². The summed E-state index contributed by atoms with van der Waals surface area (Å²) in [6.07, 6.45) is 0. The topological polar surface area (TPSA) is 335 Å². The number of carbonyl (C=O) groups excluding carboxylic acids is 6. The van der Waals surface area contributed by atoms with E-state index in [4.69, 9.17) is 0 Å². The van der Waals surface area contributed by atoms with Gasteiger partial charge in [-0.2, -0.15) is 0 Å². The molecule has 72 heavy (non-hydrogen) atoms. The fourth-order valence-corrected chi connectivity index (χ4v) is 7.05. The Hall–Kier alpha value is -7.98. The van der Waals surface area contributed by atoms with Gasteiger partial charge in [0.1, 0.15) is 0 Å². The molecule has 0 fully saturated rings. The number of carbonyl (C=O) groups is 6. The van der Waals surface area contributed by atoms with Crippen molar-refractivity contribution in [1.29, 1.82) is 0 Å². The third-order valence-electron chi connectivity index (χ3n) is 10.6. The third-order valence-corrected chi connectivity index (χ3v) is 10.6. The summed E-state index contributed by atoms with van der Waals surface area (Å²) < 4.78 is 0. The van der Waals surface area contributed by atoms with Crippen LogP contribution < -0.4 is 30.6 Å². The van der Waals surface area contributed by atoms with Gasteiger partial charge in [0.05, 0.1) is 35.8 Å². The Morgan fingerprint density at radius 3 is 0.375 bits per heavy atom. The molecule has 8 rings (SSSR count). The number of hydrogen-bond acceptors (Lipinski definition) is 12. The van der Waals surface area contributed by atoms with Gasteiger partial charge in [-0.3, -0.25) is 0 Å². The van der Waals surface area contributed by atoms with Crippen LogP contribution >= 0.6 is 0 Å². The van der Waals surface area contributed by atoms with Crippen LogP contribution in [0.4, 0.5) is 0 Å². The predicted molar refractivity (Wildman–Crippen MR) is 242 cm³/mol. The molecule has 0 heterocycles. The van der Waals surface area contributed by atoms with E-state index in [0.29, 0.717) is 0 Å². The summed E-state index contributed by atoms with van der Waals surface area (Å²) in [6, 6.07) is 49.0. The average molecular weight is 1120 g/mol. The molecule has 8 aromatic carbocycles. The minimum absolute atomic E-state index is 0. The summed E-state index contributed by atoms with van der Waals surface area (Å²) in [5, 5.41) is 66.4. The van der Waals surface area contributed by atoms with E-state index in [0.717, 1.165) is 66.8 Å². The van der Waals surface area contributed by atoms with Gasteiger partial charge in [0.15, 0.2) is 0 Å². The van der Waals surface area contributed by atoms with Gasteiger partial charge in [0, 0.05) is 0 Å². The van der Waals surface area contributed by atoms with E-state index in [-0.39, 0.29) is 101 Å². The molecule has 0 aliphatic carbocycles. The largest absolute Gasteiger partial charge is 2.00 e. The Balaban J connectivity index is 0.000000665. The molecule has 0 saturated carbocycles. The summed E-state index contributed by atoms with van der Waals surface area (Å²) in [5.74, 6) is -7.60. The molecule has 0 bridgehead atoms. The molecule has 8 aromatic rings. The molecular weight excluding hydrogens is 1080 g/mol. The van der Waals surface area contributed by atoms with Crippen molar-refractivity contribution >= 4 is 35.8 Å². The molecule has 0 unspecified atom stereocenters. The van der Waals surface area contributed by atoms with Crippen LogP contribution in [0.1, 0.15) is 62.1 Å². The molecule has 3 radical (unpaired) electrons. The minimum atomic E-state index is -1.27. The SMILES string of the molecule is O.O.O.O=C([O-])c1ccc(-c2cc(-c3ccc(C(=O)[O-])cc3)cc(-c3ccc(C(=O)[O-])cc3)c2)cc1.O=C([O-])c1ccc(-c2cc(-c3ccc(C(=O)[O-])cc3)cc(-c3ccc(C(=O)[O-])cc3)c2)cc1.[Cu+2].[Cu+2].[Cu+2]. The molecule has 0 atom stereocenters. The molecule has 0 aliphatic rings. The van der Waals surface area contributed by atoms with Gasteiger partial charge in [-0.1, -0.05) is 146 Å². The Morgan fingerprint density at radius 2 is 0.292 bits per heavy atom. The van der Waals surface area contributed by atoms with Crippen LogP contribution in [0, 0.1) is 0 Å². The summed E-state index contributed by atoms with van der Waals surface area (Å²) in [7, 11) is 0. The molecule has 0 spiro atoms. The van der Waals surface area contributed by atoms with Crippen LogP contribution in [-0.4, -0.2) is 52.2 Å². The van der Waals surface area contributed by atoms with E-state index < -0.39 is 35.8 Å². The molecule has 0 amide bonds. The van der Waals surface area contributed by atoms with Crippen LogP contribution in [0.25, 0.3) is 66.8 Å². The number of rotatable bonds is 12. The first-order chi connectivity index (χ1) is 31.6. The molecule has 0 aromatic heterocycles. The van der Waals surface area contributed by atoms with Gasteiger partial charge in [0.2, 0.25) is 0 Å². The number of hydrogen-bond donors (Lipinski definition) is 0. The van der Waals surface area contributed by atoms with E-state index in [2.05, 4.69) is 0 Å². The van der Waals surface area contributed by atoms with E-state index >= 15 is 0 Å². The molecule has 0 aliphatic heterocycles. The van der Waals surface area contributed by atoms with Gasteiger partial charge in [-0.15, -0.1) is 0 Å². The maximum absolute atomic E-state index is 11.1. The van der Waals surface area contributed by atoms with E-state index in [1.807, 2.05) is 36.4 Å². The van der Waals surface area contributed by atoms with E-state index in [1.165, 1.54) is 72.8 Å². The molecule has 18 heteroatoms. The van der Waals surface area contributed by atoms with Gasteiger partial charge in [-0.25, -0.2) is 0 Å². The first-order valence-electron chi connectivity index (χ1n) is 19.8. The zero-order valence-electron chi connectivity index (χ0n) is 36.6. The van der Waals surface area contributed by atoms with Gasteiger partial charge in [-0.05, 0) is 137 Å². The smallest absolute Gasteiger partial charge is 0.545 e. The normalized spacial score (nSPS) is 9.67. The number of carboxylic acids is 6. The van der Waals surface area contributed by atoms with Crippen molar-refractivity contribution in [2.75, 3.05) is 0 Å². The van der Waals surface area contributed by atoms with E-state index in [9.17, 15) is 59.4 Å². The van der Waals surface area contributed by atoms with Gasteiger partial charge < -0.3 is 75.8 Å². The second-order valence-corrected chi connectivity index (χ2v) is 14.8. The maximum Gasteiger partial charge on any atom is 2.00 e. The van der Waals surface area contributed by atoms with E-state index in [1.54, 1.807) is 72.8 Å². The summed E-state index contributed by atoms with van der Waals surface area (Å²) in [6.45, 7) is 0. The molecule has 375 valence electrons. The van der Waals surface area contributed by atoms with Crippen LogP contribution in [-0.2, 0) is 51.2 Å². The Kier molecular flexibility index (Phi) is 23.6. The van der Waals surface area contributed by atoms with Crippen LogP contribution in [0.15, 0.2) is 182 Å². The Bertz CT molecular complexity index is 2580. The quantitative estimate of drug-likeness (QED) is 0.155. The fourth-order valence-electron chi connectivity index (χ4n) is 7.05. The first kappa shape index (κ1) is 62.0. The second-order valence-electron chi connectivity index (χ2n) is 14.8. The number of benzene rings is 8. The number of carboxylic acid groups (broad SMARTS) is 6. The first-order valence-corrected chi connectivity index (χ1v) is 19.8. The summed E-state index contributed by atoms with van der Waals surface area (Å²) >= 11 is 0. The van der Waals surface area contributed by atoms with Crippen molar-refractivity contribution in [3.05, 3.63) is 215 Å². The monoisotopic (exact) mass is 1110 g/mol. The molecule has 6 N–H and O–H groups in total. The van der Waals surface area contributed by atoms with Crippen LogP contribution in [0.3, 0.4) is 0 Å². The van der Waals surface area contributed by atoms with Crippen molar-refractivity contribution in [3.63, 3.8) is 0 Å². The van der Waals surface area contributed by atoms with Crippen molar-refractivity contribution in [2.45, 2.75) is 0 Å². The van der Waals surface area contributed by atoms with Crippen molar-refractivity contribution in [3.8, 4) is 66.8 Å². The standard InChI is InChI=1S/2C27H18O6.3Cu.3H2O/c2*28-25(29)19-7-1-16(2-8-19)22-13-23(17-3-9-20(10-4-17)26(30)31)15-24(14-22)18-5-11-21(12-6-18)27(32)33;;;;;;/h2*1-15H,(H,28,29)(H,30,31)(H,32,33);;;;3*1H2/q;;3*+2;;;/p-6. The summed E-state index contributed by atoms with van der Waals surface area (Å²) in [5.41, 5.74) is 9.71. The zero-order chi connectivity index (χ0) is 47.1. The predicted octanol–water partition coefficient (Wildman–Crippen LogP) is 1.07. The van der Waals surface area contributed by atoms with Crippen LogP contribution in [0.5, 0.6) is 0 Å². The van der Waals surface area contributed by atoms with Gasteiger partial charge in [0.25, 0.3) is 0 Å².